The van der Waals surface area contributed by atoms with Gasteiger partial charge in [0.1, 0.15) is 5.52 Å². The normalized spacial score (nSPS) is 14.0. The summed E-state index contributed by atoms with van der Waals surface area (Å²) in [6.45, 7) is 2.99. The number of rotatable bonds is 7. The molecule has 1 saturated heterocycles. The SMILES string of the molecule is N#Cc1cc(C=O)c2oc(-c3ccc(NC(=O)CN4CCN(c5ccc(C(F)F)cc5)CC4)cc3)nc2c1. The average molecular weight is 516 g/mol. The van der Waals surface area contributed by atoms with Gasteiger partial charge in [-0.2, -0.15) is 5.26 Å². The Balaban J connectivity index is 1.16. The van der Waals surface area contributed by atoms with E-state index in [1.54, 1.807) is 42.5 Å². The number of anilines is 2. The molecule has 0 saturated carbocycles. The van der Waals surface area contributed by atoms with Crippen LogP contribution in [0.5, 0.6) is 0 Å². The van der Waals surface area contributed by atoms with Crippen LogP contribution < -0.4 is 10.2 Å². The molecule has 1 amide bonds. The van der Waals surface area contributed by atoms with Gasteiger partial charge in [0.05, 0.1) is 23.7 Å². The van der Waals surface area contributed by atoms with Crippen LogP contribution in [0, 0.1) is 11.3 Å². The van der Waals surface area contributed by atoms with Crippen molar-refractivity contribution in [3.05, 3.63) is 77.4 Å². The molecule has 10 heteroatoms. The average Bonchev–Trinajstić information content (AvgIpc) is 3.37. The molecule has 38 heavy (non-hydrogen) atoms. The number of carbonyl (C=O) groups excluding carboxylic acids is 2. The Bertz CT molecular complexity index is 1500. The van der Waals surface area contributed by atoms with Crippen molar-refractivity contribution in [1.82, 2.24) is 9.88 Å². The highest BCUT2D eigenvalue weighted by atomic mass is 19.3. The van der Waals surface area contributed by atoms with Crippen LogP contribution in [0.3, 0.4) is 0 Å². The third kappa shape index (κ3) is 5.38. The van der Waals surface area contributed by atoms with E-state index in [0.717, 1.165) is 5.69 Å². The maximum atomic E-state index is 12.8. The lowest BCUT2D eigenvalue weighted by Crippen LogP contribution is -2.48. The van der Waals surface area contributed by atoms with Crippen molar-refractivity contribution in [3.8, 4) is 17.5 Å². The third-order valence-electron chi connectivity index (χ3n) is 6.44. The van der Waals surface area contributed by atoms with Crippen molar-refractivity contribution < 1.29 is 22.8 Å². The van der Waals surface area contributed by atoms with Crippen LogP contribution in [0.4, 0.5) is 20.2 Å². The number of carbonyl (C=O) groups is 2. The van der Waals surface area contributed by atoms with Gasteiger partial charge in [-0.1, -0.05) is 12.1 Å². The number of aromatic nitrogens is 1. The first-order chi connectivity index (χ1) is 18.4. The molecule has 4 aromatic rings. The van der Waals surface area contributed by atoms with E-state index in [9.17, 15) is 18.4 Å². The molecule has 1 aliphatic heterocycles. The number of fused-ring (bicyclic) bond motifs is 1. The highest BCUT2D eigenvalue weighted by Gasteiger charge is 2.20. The second-order valence-electron chi connectivity index (χ2n) is 8.94. The lowest BCUT2D eigenvalue weighted by Gasteiger charge is -2.35. The van der Waals surface area contributed by atoms with Crippen molar-refractivity contribution in [3.63, 3.8) is 0 Å². The maximum Gasteiger partial charge on any atom is 0.263 e. The monoisotopic (exact) mass is 515 g/mol. The summed E-state index contributed by atoms with van der Waals surface area (Å²) in [7, 11) is 0. The predicted molar refractivity (Wildman–Crippen MR) is 138 cm³/mol. The van der Waals surface area contributed by atoms with Crippen molar-refractivity contribution in [2.24, 2.45) is 0 Å². The Morgan fingerprint density at radius 2 is 1.79 bits per heavy atom. The molecule has 0 spiro atoms. The number of aldehydes is 1. The first-order valence-corrected chi connectivity index (χ1v) is 12.0. The first kappa shape index (κ1) is 25.0. The highest BCUT2D eigenvalue weighted by Crippen LogP contribution is 2.28. The zero-order valence-corrected chi connectivity index (χ0v) is 20.2. The number of amides is 1. The fourth-order valence-corrected chi connectivity index (χ4v) is 4.43. The molecule has 0 bridgehead atoms. The topological polar surface area (TPSA) is 102 Å². The molecule has 192 valence electrons. The minimum Gasteiger partial charge on any atom is -0.435 e. The number of hydrogen-bond donors (Lipinski definition) is 1. The summed E-state index contributed by atoms with van der Waals surface area (Å²) < 4.78 is 31.3. The summed E-state index contributed by atoms with van der Waals surface area (Å²) in [6, 6.07) is 18.3. The molecule has 1 aromatic heterocycles. The molecule has 0 atom stereocenters. The van der Waals surface area contributed by atoms with Gasteiger partial charge in [-0.25, -0.2) is 13.8 Å². The molecule has 1 aliphatic rings. The Morgan fingerprint density at radius 1 is 1.08 bits per heavy atom. The number of piperazine rings is 1. The number of benzene rings is 3. The van der Waals surface area contributed by atoms with Crippen molar-refractivity contribution in [2.45, 2.75) is 6.43 Å². The van der Waals surface area contributed by atoms with E-state index in [2.05, 4.69) is 15.2 Å². The number of halogens is 2. The third-order valence-corrected chi connectivity index (χ3v) is 6.44. The van der Waals surface area contributed by atoms with Crippen LogP contribution in [0.25, 0.3) is 22.6 Å². The summed E-state index contributed by atoms with van der Waals surface area (Å²) in [5.41, 5.74) is 3.49. The fraction of sp³-hybridized carbons (Fsp3) is 0.214. The summed E-state index contributed by atoms with van der Waals surface area (Å²) in [5, 5.41) is 12.0. The first-order valence-electron chi connectivity index (χ1n) is 12.0. The Hall–Kier alpha value is -4.62. The van der Waals surface area contributed by atoms with E-state index < -0.39 is 6.43 Å². The predicted octanol–water partition coefficient (Wildman–Crippen LogP) is 4.88. The number of hydrogen-bond acceptors (Lipinski definition) is 7. The minimum atomic E-state index is -2.48. The van der Waals surface area contributed by atoms with Crippen LogP contribution >= 0.6 is 0 Å². The molecule has 1 N–H and O–H groups in total. The molecular weight excluding hydrogens is 492 g/mol. The van der Waals surface area contributed by atoms with Crippen LogP contribution in [0.2, 0.25) is 0 Å². The van der Waals surface area contributed by atoms with Gasteiger partial charge in [-0.15, -0.1) is 0 Å². The fourth-order valence-electron chi connectivity index (χ4n) is 4.43. The van der Waals surface area contributed by atoms with Gasteiger partial charge >= 0.3 is 0 Å². The number of nitriles is 1. The van der Waals surface area contributed by atoms with E-state index in [0.29, 0.717) is 66.3 Å². The second-order valence-corrected chi connectivity index (χ2v) is 8.94. The van der Waals surface area contributed by atoms with Gasteiger partial charge in [-0.3, -0.25) is 14.5 Å². The molecular formula is C28H23F2N5O3. The molecule has 0 unspecified atom stereocenters. The van der Waals surface area contributed by atoms with E-state index >= 15 is 0 Å². The number of oxazole rings is 1. The number of nitrogens with one attached hydrogen (secondary N) is 1. The number of nitrogens with zero attached hydrogens (tertiary/aromatic N) is 4. The van der Waals surface area contributed by atoms with Crippen LogP contribution in [-0.4, -0.2) is 54.8 Å². The summed E-state index contributed by atoms with van der Waals surface area (Å²) in [5.74, 6) is 0.159. The maximum absolute atomic E-state index is 12.8. The van der Waals surface area contributed by atoms with Gasteiger partial charge < -0.3 is 14.6 Å². The minimum absolute atomic E-state index is 0.00664. The van der Waals surface area contributed by atoms with E-state index in [1.807, 2.05) is 11.0 Å². The standard InChI is InChI=1S/C28H23F2N5O3/c29-27(30)19-3-7-23(8-4-19)35-11-9-34(10-12-35)16-25(37)32-22-5-1-20(2-6-22)28-33-24-14-18(15-31)13-21(17-36)26(24)38-28/h1-8,13-14,17,27H,9-12,16H2,(H,32,37). The summed E-state index contributed by atoms with van der Waals surface area (Å²) in [6.07, 6.45) is -1.85. The lowest BCUT2D eigenvalue weighted by molar-refractivity contribution is -0.117. The Morgan fingerprint density at radius 3 is 2.42 bits per heavy atom. The zero-order valence-electron chi connectivity index (χ0n) is 20.2. The lowest BCUT2D eigenvalue weighted by atomic mass is 10.1. The van der Waals surface area contributed by atoms with Crippen molar-refractivity contribution in [2.75, 3.05) is 42.9 Å². The van der Waals surface area contributed by atoms with Gasteiger partial charge in [0.2, 0.25) is 11.8 Å². The van der Waals surface area contributed by atoms with Gasteiger partial charge in [-0.05, 0) is 48.5 Å². The molecule has 5 rings (SSSR count). The molecule has 3 aromatic carbocycles. The van der Waals surface area contributed by atoms with Gasteiger partial charge in [0, 0.05) is 48.7 Å². The quantitative estimate of drug-likeness (QED) is 0.350. The van der Waals surface area contributed by atoms with Crippen molar-refractivity contribution >= 4 is 34.7 Å². The molecule has 0 radical (unpaired) electrons. The van der Waals surface area contributed by atoms with E-state index in [1.165, 1.54) is 18.2 Å². The smallest absolute Gasteiger partial charge is 0.263 e. The summed E-state index contributed by atoms with van der Waals surface area (Å²) >= 11 is 0. The van der Waals surface area contributed by atoms with Gasteiger partial charge in [0.25, 0.3) is 6.43 Å². The van der Waals surface area contributed by atoms with E-state index in [-0.39, 0.29) is 23.6 Å². The number of alkyl halides is 2. The largest absolute Gasteiger partial charge is 0.435 e. The molecule has 8 nitrogen and oxygen atoms in total. The van der Waals surface area contributed by atoms with E-state index in [4.69, 9.17) is 9.68 Å². The van der Waals surface area contributed by atoms with Crippen molar-refractivity contribution in [1.29, 1.82) is 5.26 Å². The van der Waals surface area contributed by atoms with Gasteiger partial charge in [0.15, 0.2) is 11.9 Å². The molecule has 0 aliphatic carbocycles. The summed E-state index contributed by atoms with van der Waals surface area (Å²) in [4.78, 5) is 32.5. The Labute approximate surface area is 217 Å². The second kappa shape index (κ2) is 10.8. The highest BCUT2D eigenvalue weighted by molar-refractivity contribution is 5.95. The molecule has 1 fully saturated rings. The Kier molecular flexibility index (Phi) is 7.11. The zero-order chi connectivity index (χ0) is 26.6. The van der Waals surface area contributed by atoms with Crippen LogP contribution in [0.1, 0.15) is 27.9 Å². The van der Waals surface area contributed by atoms with Crippen LogP contribution in [-0.2, 0) is 4.79 Å². The molecule has 2 heterocycles. The van der Waals surface area contributed by atoms with Crippen LogP contribution in [0.15, 0.2) is 65.1 Å².